The SMILES string of the molecule is CC(=O)NC(CCCN(O)C(=O)C=C(C)C(O)CO)C(=O)OCCC(C)=CC(=O)N(O)CCCC1NC(=O)C(CCCN(O)C(=O)C=C(C)CCO)NC1=O. The van der Waals surface area contributed by atoms with Gasteiger partial charge in [0.15, 0.2) is 0 Å². The molecule has 4 atom stereocenters. The van der Waals surface area contributed by atoms with Crippen LogP contribution in [-0.4, -0.2) is 151 Å². The molecule has 55 heavy (non-hydrogen) atoms. The average molecular weight is 785 g/mol. The van der Waals surface area contributed by atoms with E-state index in [2.05, 4.69) is 16.0 Å². The van der Waals surface area contributed by atoms with Crippen molar-refractivity contribution < 1.29 is 69.2 Å². The zero-order chi connectivity index (χ0) is 41.7. The smallest absolute Gasteiger partial charge is 0.328 e. The van der Waals surface area contributed by atoms with E-state index >= 15 is 0 Å². The van der Waals surface area contributed by atoms with E-state index in [9.17, 15) is 54.3 Å². The minimum atomic E-state index is -1.26. The van der Waals surface area contributed by atoms with Gasteiger partial charge in [0.2, 0.25) is 17.7 Å². The predicted molar refractivity (Wildman–Crippen MR) is 191 cm³/mol. The Morgan fingerprint density at radius 1 is 0.745 bits per heavy atom. The molecule has 1 aliphatic rings. The highest BCUT2D eigenvalue weighted by molar-refractivity contribution is 5.97. The second kappa shape index (κ2) is 25.4. The lowest BCUT2D eigenvalue weighted by Gasteiger charge is -2.30. The number of aliphatic hydroxyl groups excluding tert-OH is 3. The predicted octanol–water partition coefficient (Wildman–Crippen LogP) is -1.02. The Morgan fingerprint density at radius 2 is 1.20 bits per heavy atom. The van der Waals surface area contributed by atoms with Crippen LogP contribution in [0.25, 0.3) is 0 Å². The summed E-state index contributed by atoms with van der Waals surface area (Å²) in [4.78, 5) is 86.0. The molecule has 9 N–H and O–H groups in total. The second-order valence-electron chi connectivity index (χ2n) is 13.1. The first kappa shape index (κ1) is 48.3. The van der Waals surface area contributed by atoms with Crippen LogP contribution in [0.3, 0.4) is 0 Å². The molecule has 4 unspecified atom stereocenters. The third-order valence-corrected chi connectivity index (χ3v) is 8.32. The number of aliphatic hydroxyl groups is 3. The fourth-order valence-electron chi connectivity index (χ4n) is 5.06. The van der Waals surface area contributed by atoms with Gasteiger partial charge < -0.3 is 36.0 Å². The minimum absolute atomic E-state index is 0.00264. The Balaban J connectivity index is 2.48. The number of carbonyl (C=O) groups excluding carboxylic acids is 7. The van der Waals surface area contributed by atoms with Crippen LogP contribution in [0.15, 0.2) is 34.9 Å². The third-order valence-electron chi connectivity index (χ3n) is 8.32. The molecule has 1 rings (SSSR count). The lowest BCUT2D eigenvalue weighted by molar-refractivity contribution is -0.160. The Kier molecular flexibility index (Phi) is 22.3. The summed E-state index contributed by atoms with van der Waals surface area (Å²) in [7, 11) is 0. The molecule has 20 heteroatoms. The highest BCUT2D eigenvalue weighted by atomic mass is 16.5. The van der Waals surface area contributed by atoms with Crippen molar-refractivity contribution in [3.8, 4) is 0 Å². The molecule has 6 amide bonds. The van der Waals surface area contributed by atoms with Crippen LogP contribution in [0, 0.1) is 0 Å². The largest absolute Gasteiger partial charge is 0.464 e. The highest BCUT2D eigenvalue weighted by Crippen LogP contribution is 2.11. The van der Waals surface area contributed by atoms with Crippen LogP contribution >= 0.6 is 0 Å². The van der Waals surface area contributed by atoms with Crippen LogP contribution in [-0.2, 0) is 38.3 Å². The zero-order valence-electron chi connectivity index (χ0n) is 31.7. The van der Waals surface area contributed by atoms with Crippen LogP contribution < -0.4 is 16.0 Å². The summed E-state index contributed by atoms with van der Waals surface area (Å²) in [5.41, 5.74) is 1.18. The number of nitrogens with one attached hydrogen (secondary N) is 3. The average Bonchev–Trinajstić information content (AvgIpc) is 3.11. The molecular formula is C35H56N6O14. The fourth-order valence-corrected chi connectivity index (χ4v) is 5.06. The van der Waals surface area contributed by atoms with E-state index < -0.39 is 72.2 Å². The summed E-state index contributed by atoms with van der Waals surface area (Å²) in [6.45, 7) is 4.44. The Hall–Kier alpha value is -4.73. The summed E-state index contributed by atoms with van der Waals surface area (Å²) in [6, 6.07) is -2.87. The standard InChI is InChI=1S/C35H56N6O14/c1-22(11-16-42)18-30(46)39(52)13-5-8-26-33(49)38-27(34(50)37-26)9-6-14-40(53)31(47)19-23(2)12-17-55-35(51)28(36-25(4)44)10-7-15-41(54)32(48)20-24(3)29(45)21-43/h18-20,26-29,42-43,45,52-54H,5-17,21H2,1-4H3,(H,36,44)(H,37,50)(H,38,49). The maximum absolute atomic E-state index is 12.6. The highest BCUT2D eigenvalue weighted by Gasteiger charge is 2.33. The van der Waals surface area contributed by atoms with Gasteiger partial charge in [-0.3, -0.25) is 44.4 Å². The minimum Gasteiger partial charge on any atom is -0.464 e. The monoisotopic (exact) mass is 784 g/mol. The Labute approximate surface area is 319 Å². The molecule has 310 valence electrons. The molecule has 1 saturated heterocycles. The third kappa shape index (κ3) is 18.9. The van der Waals surface area contributed by atoms with Gasteiger partial charge >= 0.3 is 5.97 Å². The van der Waals surface area contributed by atoms with E-state index in [1.54, 1.807) is 13.8 Å². The van der Waals surface area contributed by atoms with Crippen molar-refractivity contribution in [3.63, 3.8) is 0 Å². The summed E-state index contributed by atoms with van der Waals surface area (Å²) < 4.78 is 5.24. The molecule has 0 aliphatic carbocycles. The molecule has 1 fully saturated rings. The van der Waals surface area contributed by atoms with Crippen LogP contribution in [0.5, 0.6) is 0 Å². The molecular weight excluding hydrogens is 728 g/mol. The molecule has 1 heterocycles. The lowest BCUT2D eigenvalue weighted by Crippen LogP contribution is -2.61. The quantitative estimate of drug-likeness (QED) is 0.0245. The van der Waals surface area contributed by atoms with Gasteiger partial charge in [0.05, 0.1) is 19.3 Å². The van der Waals surface area contributed by atoms with Crippen LogP contribution in [0.2, 0.25) is 0 Å². The molecule has 0 aromatic carbocycles. The van der Waals surface area contributed by atoms with E-state index in [-0.39, 0.29) is 89.8 Å². The number of rotatable bonds is 24. The summed E-state index contributed by atoms with van der Waals surface area (Å²) >= 11 is 0. The van der Waals surface area contributed by atoms with Gasteiger partial charge in [-0.1, -0.05) is 11.1 Å². The number of piperazine rings is 1. The van der Waals surface area contributed by atoms with Crippen molar-refractivity contribution in [1.82, 2.24) is 31.1 Å². The lowest BCUT2D eigenvalue weighted by atomic mass is 10.0. The van der Waals surface area contributed by atoms with Crippen molar-refractivity contribution >= 4 is 41.4 Å². The molecule has 1 aliphatic heterocycles. The number of hydrogen-bond donors (Lipinski definition) is 9. The van der Waals surface area contributed by atoms with Crippen molar-refractivity contribution in [3.05, 3.63) is 34.9 Å². The van der Waals surface area contributed by atoms with E-state index in [0.717, 1.165) is 12.2 Å². The number of nitrogens with zero attached hydrogens (tertiary/aromatic N) is 3. The number of carbonyl (C=O) groups is 7. The maximum Gasteiger partial charge on any atom is 0.328 e. The van der Waals surface area contributed by atoms with Gasteiger partial charge in [-0.05, 0) is 71.3 Å². The van der Waals surface area contributed by atoms with Crippen molar-refractivity contribution in [1.29, 1.82) is 0 Å². The van der Waals surface area contributed by atoms with Crippen molar-refractivity contribution in [2.24, 2.45) is 0 Å². The topological polar surface area (TPSA) is 296 Å². The van der Waals surface area contributed by atoms with Gasteiger partial charge in [0.25, 0.3) is 17.7 Å². The molecule has 20 nitrogen and oxygen atoms in total. The molecule has 0 aromatic rings. The maximum atomic E-state index is 12.6. The van der Waals surface area contributed by atoms with E-state index in [0.29, 0.717) is 26.3 Å². The number of hydrogen-bond acceptors (Lipinski definition) is 14. The summed E-state index contributed by atoms with van der Waals surface area (Å²) in [6.07, 6.45) is 3.12. The van der Waals surface area contributed by atoms with E-state index in [1.165, 1.54) is 19.9 Å². The Bertz CT molecular complexity index is 1430. The number of ether oxygens (including phenoxy) is 1. The number of hydroxylamine groups is 6. The van der Waals surface area contributed by atoms with Crippen molar-refractivity contribution in [2.45, 2.75) is 103 Å². The normalized spacial score (nSPS) is 17.4. The van der Waals surface area contributed by atoms with Gasteiger partial charge in [0.1, 0.15) is 18.1 Å². The van der Waals surface area contributed by atoms with Crippen LogP contribution in [0.4, 0.5) is 0 Å². The van der Waals surface area contributed by atoms with Gasteiger partial charge in [-0.15, -0.1) is 0 Å². The van der Waals surface area contributed by atoms with E-state index in [4.69, 9.17) is 14.9 Å². The first-order valence-corrected chi connectivity index (χ1v) is 17.9. The second-order valence-corrected chi connectivity index (χ2v) is 13.1. The first-order valence-electron chi connectivity index (χ1n) is 17.9. The molecule has 0 spiro atoms. The molecule has 0 aromatic heterocycles. The van der Waals surface area contributed by atoms with Gasteiger partial charge in [-0.2, -0.15) is 0 Å². The summed E-state index contributed by atoms with van der Waals surface area (Å²) in [5, 5.41) is 66.4. The Morgan fingerprint density at radius 3 is 1.65 bits per heavy atom. The van der Waals surface area contributed by atoms with Crippen molar-refractivity contribution in [2.75, 3.05) is 39.5 Å². The fraction of sp³-hybridized carbons (Fsp3) is 0.629. The zero-order valence-corrected chi connectivity index (χ0v) is 31.7. The summed E-state index contributed by atoms with van der Waals surface area (Å²) in [5.74, 6) is -4.51. The number of esters is 1. The molecule has 0 bridgehead atoms. The van der Waals surface area contributed by atoms with E-state index in [1.807, 2.05) is 0 Å². The number of amides is 6. The van der Waals surface area contributed by atoms with Gasteiger partial charge in [-0.25, -0.2) is 20.0 Å². The van der Waals surface area contributed by atoms with Gasteiger partial charge in [0, 0.05) is 57.8 Å². The molecule has 0 radical (unpaired) electrons. The first-order chi connectivity index (χ1) is 25.9. The van der Waals surface area contributed by atoms with Crippen LogP contribution in [0.1, 0.15) is 79.1 Å². The molecule has 0 saturated carbocycles.